The van der Waals surface area contributed by atoms with E-state index in [0.717, 1.165) is 12.1 Å². The van der Waals surface area contributed by atoms with Crippen molar-refractivity contribution < 1.29 is 13.2 Å². The molecule has 0 bridgehead atoms. The topological polar surface area (TPSA) is 25.2 Å². The van der Waals surface area contributed by atoms with E-state index in [1.54, 1.807) is 6.92 Å². The maximum Gasteiger partial charge on any atom is 0.173 e. The lowest BCUT2D eigenvalue weighted by molar-refractivity contribution is 0.490. The van der Waals surface area contributed by atoms with E-state index in [4.69, 9.17) is 4.42 Å². The molecule has 1 N–H and O–H groups in total. The van der Waals surface area contributed by atoms with Gasteiger partial charge in [0.2, 0.25) is 0 Å². The Bertz CT molecular complexity index is 572. The zero-order chi connectivity index (χ0) is 12.0. The Morgan fingerprint density at radius 2 is 2.00 bits per heavy atom. The predicted octanol–water partition coefficient (Wildman–Crippen LogP) is 3.27. The average molecular weight is 237 g/mol. The second-order valence-corrected chi connectivity index (χ2v) is 4.54. The number of hydrogen-bond acceptors (Lipinski definition) is 2. The number of hydrogen-bond donors (Lipinski definition) is 1. The first kappa shape index (κ1) is 10.7. The summed E-state index contributed by atoms with van der Waals surface area (Å²) in [6.45, 7) is 2.29. The Labute approximate surface area is 97.6 Å². The van der Waals surface area contributed by atoms with Gasteiger partial charge in [0.05, 0.1) is 11.9 Å². The Morgan fingerprint density at radius 1 is 1.29 bits per heavy atom. The Balaban J connectivity index is 2.03. The fourth-order valence-corrected chi connectivity index (χ4v) is 2.01. The van der Waals surface area contributed by atoms with Crippen LogP contribution in [0, 0.1) is 18.6 Å². The van der Waals surface area contributed by atoms with Gasteiger partial charge >= 0.3 is 0 Å². The van der Waals surface area contributed by atoms with Gasteiger partial charge in [-0.15, -0.1) is 0 Å². The second-order valence-electron chi connectivity index (χ2n) is 4.54. The minimum absolute atomic E-state index is 0.0232. The molecular formula is C13H13F2NO. The van der Waals surface area contributed by atoms with Gasteiger partial charge < -0.3 is 9.73 Å². The molecule has 1 saturated carbocycles. The van der Waals surface area contributed by atoms with Gasteiger partial charge in [-0.2, -0.15) is 0 Å². The van der Waals surface area contributed by atoms with Crippen molar-refractivity contribution in [1.82, 2.24) is 5.32 Å². The van der Waals surface area contributed by atoms with Crippen LogP contribution in [0.4, 0.5) is 8.78 Å². The van der Waals surface area contributed by atoms with Crippen LogP contribution < -0.4 is 5.32 Å². The van der Waals surface area contributed by atoms with Gasteiger partial charge in [0, 0.05) is 11.6 Å². The van der Waals surface area contributed by atoms with E-state index >= 15 is 0 Å². The fraction of sp³-hybridized carbons (Fsp3) is 0.385. The minimum atomic E-state index is -0.512. The molecule has 1 aromatic heterocycles. The molecule has 1 aromatic carbocycles. The smallest absolute Gasteiger partial charge is 0.173 e. The molecule has 0 atom stereocenters. The highest BCUT2D eigenvalue weighted by molar-refractivity contribution is 5.83. The summed E-state index contributed by atoms with van der Waals surface area (Å²) in [5.41, 5.74) is 0.709. The zero-order valence-electron chi connectivity index (χ0n) is 9.52. The maximum absolute atomic E-state index is 13.6. The average Bonchev–Trinajstić information content (AvgIpc) is 3.06. The molecule has 3 rings (SSSR count). The van der Waals surface area contributed by atoms with Crippen LogP contribution in [0.2, 0.25) is 0 Å². The molecule has 1 aliphatic carbocycles. The van der Waals surface area contributed by atoms with E-state index in [0.29, 0.717) is 23.9 Å². The summed E-state index contributed by atoms with van der Waals surface area (Å²) in [4.78, 5) is 0. The Morgan fingerprint density at radius 3 is 2.65 bits per heavy atom. The van der Waals surface area contributed by atoms with Gasteiger partial charge in [0.15, 0.2) is 11.4 Å². The van der Waals surface area contributed by atoms with Crippen LogP contribution in [0.5, 0.6) is 0 Å². The summed E-state index contributed by atoms with van der Waals surface area (Å²) in [6, 6.07) is 2.77. The van der Waals surface area contributed by atoms with E-state index in [9.17, 15) is 8.78 Å². The summed E-state index contributed by atoms with van der Waals surface area (Å²) >= 11 is 0. The van der Waals surface area contributed by atoms with Crippen molar-refractivity contribution in [2.75, 3.05) is 0 Å². The maximum atomic E-state index is 13.6. The third-order valence-corrected chi connectivity index (χ3v) is 3.21. The standard InChI is InChI=1S/C13H13F2NO/c1-7-11(6-16-8-2-3-8)17-13-10(15)5-4-9(14)12(7)13/h4-5,8,16H,2-3,6H2,1H3. The first-order chi connectivity index (χ1) is 8.16. The van der Waals surface area contributed by atoms with Crippen molar-refractivity contribution in [3.63, 3.8) is 0 Å². The Hall–Kier alpha value is -1.42. The molecule has 0 amide bonds. The monoisotopic (exact) mass is 237 g/mol. The lowest BCUT2D eigenvalue weighted by atomic mass is 10.1. The van der Waals surface area contributed by atoms with Crippen molar-refractivity contribution in [2.45, 2.75) is 32.4 Å². The molecular weight excluding hydrogens is 224 g/mol. The van der Waals surface area contributed by atoms with Crippen LogP contribution in [0.3, 0.4) is 0 Å². The number of rotatable bonds is 3. The number of benzene rings is 1. The minimum Gasteiger partial charge on any atom is -0.456 e. The number of aryl methyl sites for hydroxylation is 1. The summed E-state index contributed by atoms with van der Waals surface area (Å²) in [6.07, 6.45) is 2.34. The summed E-state index contributed by atoms with van der Waals surface area (Å²) in [5.74, 6) is -0.321. The van der Waals surface area contributed by atoms with Crippen molar-refractivity contribution in [2.24, 2.45) is 0 Å². The van der Waals surface area contributed by atoms with E-state index in [2.05, 4.69) is 5.32 Å². The normalized spacial score (nSPS) is 15.7. The molecule has 90 valence electrons. The summed E-state index contributed by atoms with van der Waals surface area (Å²) < 4.78 is 32.5. The Kier molecular flexibility index (Phi) is 2.40. The molecule has 2 nitrogen and oxygen atoms in total. The number of halogens is 2. The quantitative estimate of drug-likeness (QED) is 0.886. The molecule has 4 heteroatoms. The molecule has 0 saturated heterocycles. The van der Waals surface area contributed by atoms with Gasteiger partial charge in [0.25, 0.3) is 0 Å². The molecule has 0 unspecified atom stereocenters. The molecule has 0 spiro atoms. The van der Waals surface area contributed by atoms with E-state index < -0.39 is 11.6 Å². The van der Waals surface area contributed by atoms with E-state index in [-0.39, 0.29) is 11.0 Å². The molecule has 1 aliphatic rings. The van der Waals surface area contributed by atoms with Crippen LogP contribution in [0.1, 0.15) is 24.2 Å². The fourth-order valence-electron chi connectivity index (χ4n) is 2.01. The largest absolute Gasteiger partial charge is 0.456 e. The number of nitrogens with one attached hydrogen (secondary N) is 1. The third kappa shape index (κ3) is 1.82. The van der Waals surface area contributed by atoms with Gasteiger partial charge in [-0.25, -0.2) is 8.78 Å². The van der Waals surface area contributed by atoms with Crippen molar-refractivity contribution >= 4 is 11.0 Å². The molecule has 2 aromatic rings. The highest BCUT2D eigenvalue weighted by atomic mass is 19.1. The van der Waals surface area contributed by atoms with Gasteiger partial charge in [-0.3, -0.25) is 0 Å². The first-order valence-electron chi connectivity index (χ1n) is 5.76. The highest BCUT2D eigenvalue weighted by Crippen LogP contribution is 2.30. The van der Waals surface area contributed by atoms with Crippen LogP contribution >= 0.6 is 0 Å². The van der Waals surface area contributed by atoms with Crippen molar-refractivity contribution in [3.05, 3.63) is 35.1 Å². The molecule has 17 heavy (non-hydrogen) atoms. The second kappa shape index (κ2) is 3.81. The van der Waals surface area contributed by atoms with Crippen LogP contribution in [-0.2, 0) is 6.54 Å². The third-order valence-electron chi connectivity index (χ3n) is 3.21. The van der Waals surface area contributed by atoms with Crippen molar-refractivity contribution in [3.8, 4) is 0 Å². The van der Waals surface area contributed by atoms with Crippen LogP contribution in [0.25, 0.3) is 11.0 Å². The van der Waals surface area contributed by atoms with Crippen molar-refractivity contribution in [1.29, 1.82) is 0 Å². The number of fused-ring (bicyclic) bond motifs is 1. The summed E-state index contributed by atoms with van der Waals surface area (Å²) in [7, 11) is 0. The van der Waals surface area contributed by atoms with Gasteiger partial charge in [-0.05, 0) is 31.9 Å². The lowest BCUT2D eigenvalue weighted by Crippen LogP contribution is -2.15. The van der Waals surface area contributed by atoms with E-state index in [1.807, 2.05) is 0 Å². The molecule has 0 radical (unpaired) electrons. The number of furan rings is 1. The lowest BCUT2D eigenvalue weighted by Gasteiger charge is -1.99. The zero-order valence-corrected chi connectivity index (χ0v) is 9.52. The summed E-state index contributed by atoms with van der Waals surface area (Å²) in [5, 5.41) is 3.54. The SMILES string of the molecule is Cc1c(CNC2CC2)oc2c(F)ccc(F)c12. The van der Waals surface area contributed by atoms with Gasteiger partial charge in [0.1, 0.15) is 11.6 Å². The van der Waals surface area contributed by atoms with Gasteiger partial charge in [-0.1, -0.05) is 0 Å². The first-order valence-corrected chi connectivity index (χ1v) is 5.76. The molecule has 0 aliphatic heterocycles. The highest BCUT2D eigenvalue weighted by Gasteiger charge is 2.22. The molecule has 1 heterocycles. The molecule has 1 fully saturated rings. The van der Waals surface area contributed by atoms with Crippen LogP contribution in [0.15, 0.2) is 16.5 Å². The van der Waals surface area contributed by atoms with Crippen LogP contribution in [-0.4, -0.2) is 6.04 Å². The predicted molar refractivity (Wildman–Crippen MR) is 60.7 cm³/mol. The van der Waals surface area contributed by atoms with E-state index in [1.165, 1.54) is 12.8 Å².